The van der Waals surface area contributed by atoms with E-state index >= 15 is 0 Å². The topological polar surface area (TPSA) is 74.3 Å². The maximum absolute atomic E-state index is 9.13. The van der Waals surface area contributed by atoms with Crippen molar-refractivity contribution < 1.29 is 0 Å². The SMILES string of the molecule is Cc1ccc(-c2cc3c(=N)c4cc5c(cc4c3s2)/c(=N/Nc2ccccc2)c2cc(-c3ccc(N)cc3)sc25)cc1. The van der Waals surface area contributed by atoms with Gasteiger partial charge >= 0.3 is 0 Å². The highest BCUT2D eigenvalue weighted by molar-refractivity contribution is 7.23. The van der Waals surface area contributed by atoms with Crippen molar-refractivity contribution in [1.29, 1.82) is 5.41 Å². The van der Waals surface area contributed by atoms with Crippen LogP contribution in [0.25, 0.3) is 62.6 Å². The van der Waals surface area contributed by atoms with Gasteiger partial charge in [0.25, 0.3) is 0 Å². The van der Waals surface area contributed by atoms with Crippen LogP contribution < -0.4 is 21.9 Å². The molecule has 0 aliphatic rings. The average molecular weight is 565 g/mol. The highest BCUT2D eigenvalue weighted by atomic mass is 32.1. The van der Waals surface area contributed by atoms with Crippen LogP contribution in [0.1, 0.15) is 5.56 Å². The molecule has 2 aromatic heterocycles. The number of benzene rings is 4. The Morgan fingerprint density at radius 3 is 1.93 bits per heavy atom. The molecule has 0 unspecified atom stereocenters. The van der Waals surface area contributed by atoms with Gasteiger partial charge in [-0.15, -0.1) is 22.7 Å². The van der Waals surface area contributed by atoms with Crippen molar-refractivity contribution >= 4 is 75.8 Å². The standard InChI is InChI=1S/C35H24N4S2/c1-19-7-9-20(10-8-19)30-17-28-32(37)24-15-27-25(16-26(24)34(28)40-30)33(39-38-23-5-3-2-4-6-23)29-18-31(41-35(27)29)21-11-13-22(36)14-12-21/h2-18,37-38H,36H2,1H3/b37-32?,39-33-. The first-order valence-corrected chi connectivity index (χ1v) is 15.0. The number of rotatable bonds is 4. The molecule has 0 atom stereocenters. The Morgan fingerprint density at radius 1 is 0.634 bits per heavy atom. The zero-order valence-electron chi connectivity index (χ0n) is 22.2. The highest BCUT2D eigenvalue weighted by Crippen LogP contribution is 2.42. The van der Waals surface area contributed by atoms with Crippen LogP contribution in [-0.4, -0.2) is 0 Å². The molecule has 2 heterocycles. The third-order valence-corrected chi connectivity index (χ3v) is 10.2. The smallest absolute Gasteiger partial charge is 0.0999 e. The molecule has 0 aliphatic carbocycles. The lowest BCUT2D eigenvalue weighted by molar-refractivity contribution is 1.26. The number of para-hydroxylation sites is 1. The van der Waals surface area contributed by atoms with Gasteiger partial charge < -0.3 is 5.73 Å². The zero-order valence-corrected chi connectivity index (χ0v) is 23.8. The summed E-state index contributed by atoms with van der Waals surface area (Å²) in [7, 11) is 0. The molecule has 0 aliphatic heterocycles. The lowest BCUT2D eigenvalue weighted by atomic mass is 10.1. The summed E-state index contributed by atoms with van der Waals surface area (Å²) in [6.45, 7) is 2.11. The molecule has 0 radical (unpaired) electrons. The minimum absolute atomic E-state index is 0.595. The zero-order chi connectivity index (χ0) is 27.7. The number of nitrogens with zero attached hydrogens (tertiary/aromatic N) is 1. The first kappa shape index (κ1) is 24.1. The van der Waals surface area contributed by atoms with E-state index in [0.29, 0.717) is 5.36 Å². The summed E-state index contributed by atoms with van der Waals surface area (Å²) in [6, 6.07) is 35.6. The van der Waals surface area contributed by atoms with Crippen LogP contribution in [0.4, 0.5) is 11.4 Å². The second kappa shape index (κ2) is 9.13. The van der Waals surface area contributed by atoms with Crippen molar-refractivity contribution in [2.75, 3.05) is 11.2 Å². The summed E-state index contributed by atoms with van der Waals surface area (Å²) in [5.74, 6) is 0. The molecule has 0 fully saturated rings. The lowest BCUT2D eigenvalue weighted by Crippen LogP contribution is -2.03. The van der Waals surface area contributed by atoms with E-state index in [1.54, 1.807) is 22.7 Å². The van der Waals surface area contributed by atoms with Gasteiger partial charge in [-0.05, 0) is 66.6 Å². The minimum atomic E-state index is 0.595. The van der Waals surface area contributed by atoms with Gasteiger partial charge in [-0.2, -0.15) is 5.10 Å². The van der Waals surface area contributed by atoms with Crippen LogP contribution in [0.15, 0.2) is 108 Å². The molecule has 0 saturated carbocycles. The van der Waals surface area contributed by atoms with Gasteiger partial charge in [0.05, 0.1) is 16.4 Å². The first-order chi connectivity index (χ1) is 20.0. The maximum Gasteiger partial charge on any atom is 0.0999 e. The summed E-state index contributed by atoms with van der Waals surface area (Å²) in [5, 5.41) is 22.1. The predicted octanol–water partition coefficient (Wildman–Crippen LogP) is 8.93. The Labute approximate surface area is 243 Å². The monoisotopic (exact) mass is 564 g/mol. The van der Waals surface area contributed by atoms with Gasteiger partial charge in [0.1, 0.15) is 0 Å². The van der Waals surface area contributed by atoms with Crippen LogP contribution in [-0.2, 0) is 0 Å². The molecule has 8 rings (SSSR count). The number of anilines is 2. The highest BCUT2D eigenvalue weighted by Gasteiger charge is 2.19. The van der Waals surface area contributed by atoms with Crippen molar-refractivity contribution in [3.8, 4) is 20.9 Å². The molecule has 6 aromatic carbocycles. The van der Waals surface area contributed by atoms with Crippen molar-refractivity contribution in [2.45, 2.75) is 6.92 Å². The number of hydrogen-bond acceptors (Lipinski definition) is 6. The molecule has 8 aromatic rings. The molecule has 196 valence electrons. The van der Waals surface area contributed by atoms with Gasteiger partial charge in [-0.1, -0.05) is 60.2 Å². The number of nitrogen functional groups attached to an aromatic ring is 1. The number of nitrogens with one attached hydrogen (secondary N) is 2. The average Bonchev–Trinajstić information content (AvgIpc) is 3.74. The second-order valence-electron chi connectivity index (χ2n) is 10.5. The van der Waals surface area contributed by atoms with E-state index in [2.05, 4.69) is 73.0 Å². The Morgan fingerprint density at radius 2 is 1.22 bits per heavy atom. The van der Waals surface area contributed by atoms with Crippen molar-refractivity contribution in [2.24, 2.45) is 5.10 Å². The molecule has 0 saturated heterocycles. The Hall–Kier alpha value is -4.78. The number of aryl methyl sites for hydroxylation is 1. The predicted molar refractivity (Wildman–Crippen MR) is 176 cm³/mol. The molecular formula is C35H24N4S2. The van der Waals surface area contributed by atoms with Crippen LogP contribution in [0.5, 0.6) is 0 Å². The van der Waals surface area contributed by atoms with E-state index in [4.69, 9.17) is 16.2 Å². The fourth-order valence-electron chi connectivity index (χ4n) is 5.62. The molecule has 4 N–H and O–H groups in total. The largest absolute Gasteiger partial charge is 0.399 e. The number of hydrogen-bond donors (Lipinski definition) is 3. The molecule has 6 heteroatoms. The molecule has 41 heavy (non-hydrogen) atoms. The van der Waals surface area contributed by atoms with Gasteiger partial charge in [0, 0.05) is 57.2 Å². The van der Waals surface area contributed by atoms with Crippen LogP contribution in [0.2, 0.25) is 0 Å². The second-order valence-corrected chi connectivity index (χ2v) is 12.6. The lowest BCUT2D eigenvalue weighted by Gasteiger charge is -2.00. The Bertz CT molecular complexity index is 2350. The summed E-state index contributed by atoms with van der Waals surface area (Å²) >= 11 is 3.53. The summed E-state index contributed by atoms with van der Waals surface area (Å²) in [4.78, 5) is 2.36. The summed E-state index contributed by atoms with van der Waals surface area (Å²) in [5.41, 5.74) is 14.5. The van der Waals surface area contributed by atoms with E-state index in [1.807, 2.05) is 42.5 Å². The Kier molecular flexibility index (Phi) is 5.35. The van der Waals surface area contributed by atoms with Crippen LogP contribution >= 0.6 is 22.7 Å². The Balaban J connectivity index is 1.38. The molecular weight excluding hydrogens is 541 g/mol. The fourth-order valence-corrected chi connectivity index (χ4v) is 8.01. The van der Waals surface area contributed by atoms with E-state index in [0.717, 1.165) is 59.3 Å². The fraction of sp³-hybridized carbons (Fsp3) is 0.0286. The van der Waals surface area contributed by atoms with Gasteiger partial charge in [0.2, 0.25) is 0 Å². The normalized spacial score (nSPS) is 12.4. The third-order valence-electron chi connectivity index (χ3n) is 7.76. The van der Waals surface area contributed by atoms with E-state index < -0.39 is 0 Å². The number of fused-ring (bicyclic) bond motifs is 6. The van der Waals surface area contributed by atoms with Crippen molar-refractivity contribution in [3.63, 3.8) is 0 Å². The van der Waals surface area contributed by atoms with Crippen molar-refractivity contribution in [1.82, 2.24) is 0 Å². The maximum atomic E-state index is 9.13. The molecule has 0 bridgehead atoms. The number of thiophene rings is 2. The molecule has 0 spiro atoms. The van der Waals surface area contributed by atoms with Gasteiger partial charge in [0.15, 0.2) is 0 Å². The first-order valence-electron chi connectivity index (χ1n) is 13.4. The summed E-state index contributed by atoms with van der Waals surface area (Å²) in [6.07, 6.45) is 0. The quantitative estimate of drug-likeness (QED) is 0.147. The van der Waals surface area contributed by atoms with E-state index in [1.165, 1.54) is 25.6 Å². The molecule has 4 nitrogen and oxygen atoms in total. The van der Waals surface area contributed by atoms with Gasteiger partial charge in [-0.25, -0.2) is 0 Å². The number of nitrogens with two attached hydrogens (primary N) is 1. The third kappa shape index (κ3) is 3.87. The van der Waals surface area contributed by atoms with Crippen LogP contribution in [0.3, 0.4) is 0 Å². The van der Waals surface area contributed by atoms with Crippen LogP contribution in [0, 0.1) is 12.3 Å². The van der Waals surface area contributed by atoms with E-state index in [-0.39, 0.29) is 0 Å². The van der Waals surface area contributed by atoms with Crippen molar-refractivity contribution in [3.05, 3.63) is 119 Å². The summed E-state index contributed by atoms with van der Waals surface area (Å²) < 4.78 is 2.35. The molecule has 0 amide bonds. The minimum Gasteiger partial charge on any atom is -0.399 e. The van der Waals surface area contributed by atoms with E-state index in [9.17, 15) is 0 Å². The van der Waals surface area contributed by atoms with Gasteiger partial charge in [-0.3, -0.25) is 10.8 Å².